The van der Waals surface area contributed by atoms with Crippen LogP contribution in [0.1, 0.15) is 33.1 Å². The van der Waals surface area contributed by atoms with Crippen LogP contribution in [0, 0.1) is 0 Å². The van der Waals surface area contributed by atoms with Gasteiger partial charge in [-0.25, -0.2) is 9.59 Å². The Bertz CT molecular complexity index is 844. The van der Waals surface area contributed by atoms with Gasteiger partial charge in [0.05, 0.1) is 6.10 Å². The highest BCUT2D eigenvalue weighted by Crippen LogP contribution is 2.20. The number of carboxylic acids is 2. The summed E-state index contributed by atoms with van der Waals surface area (Å²) in [6, 6.07) is 8.04. The molecule has 1 aliphatic heterocycles. The number of nitrogens with one attached hydrogen (secondary N) is 2. The number of ether oxygens (including phenoxy) is 2. The van der Waals surface area contributed by atoms with Crippen LogP contribution in [0.4, 0.5) is 13.2 Å². The second-order valence-corrected chi connectivity index (χ2v) is 7.20. The Morgan fingerprint density at radius 3 is 2.06 bits per heavy atom. The van der Waals surface area contributed by atoms with Gasteiger partial charge in [0.2, 0.25) is 5.78 Å². The first-order valence-electron chi connectivity index (χ1n) is 10.3. The minimum atomic E-state index is -5.08. The molecule has 1 aromatic rings. The van der Waals surface area contributed by atoms with Crippen LogP contribution in [-0.4, -0.2) is 71.0 Å². The van der Waals surface area contributed by atoms with Crippen molar-refractivity contribution in [3.63, 3.8) is 0 Å². The molecule has 1 aliphatic rings. The van der Waals surface area contributed by atoms with Gasteiger partial charge in [-0.15, -0.1) is 0 Å². The number of hydrogen-bond acceptors (Lipinski definition) is 7. The summed E-state index contributed by atoms with van der Waals surface area (Å²) in [6.07, 6.45) is -4.70. The van der Waals surface area contributed by atoms with Crippen molar-refractivity contribution in [3.05, 3.63) is 30.3 Å². The third-order valence-corrected chi connectivity index (χ3v) is 4.62. The molecule has 10 nitrogen and oxygen atoms in total. The molecule has 2 rings (SSSR count). The first kappa shape index (κ1) is 28.8. The van der Waals surface area contributed by atoms with Crippen LogP contribution < -0.4 is 15.4 Å². The maximum absolute atomic E-state index is 12.6. The maximum atomic E-state index is 12.6. The highest BCUT2D eigenvalue weighted by molar-refractivity contribution is 6.09. The molecule has 4 N–H and O–H groups in total. The molecule has 2 unspecified atom stereocenters. The molecule has 0 spiro atoms. The van der Waals surface area contributed by atoms with E-state index in [4.69, 9.17) is 19.4 Å². The fraction of sp³-hybridized carbons (Fsp3) is 0.524. The van der Waals surface area contributed by atoms with Gasteiger partial charge in [-0.2, -0.15) is 13.2 Å². The zero-order valence-electron chi connectivity index (χ0n) is 18.6. The SMILES string of the molecule is CCC(=O)C(NC(=O)C(C)OC1CCNCC1)(Oc1ccccc1)C(=O)O.O=C(O)C(F)(F)F. The van der Waals surface area contributed by atoms with Gasteiger partial charge in [0, 0.05) is 6.42 Å². The van der Waals surface area contributed by atoms with E-state index in [9.17, 15) is 32.7 Å². The highest BCUT2D eigenvalue weighted by atomic mass is 19.4. The van der Waals surface area contributed by atoms with Crippen molar-refractivity contribution >= 4 is 23.6 Å². The number of Topliss-reactive ketones (excluding diaryl/α,β-unsaturated/α-hetero) is 1. The molecule has 0 aromatic heterocycles. The Morgan fingerprint density at radius 1 is 1.09 bits per heavy atom. The Kier molecular flexibility index (Phi) is 10.9. The smallest absolute Gasteiger partial charge is 0.476 e. The van der Waals surface area contributed by atoms with Crippen LogP contribution >= 0.6 is 0 Å². The van der Waals surface area contributed by atoms with Crippen LogP contribution in [0.15, 0.2) is 30.3 Å². The molecular weight excluding hydrogens is 465 g/mol. The quantitative estimate of drug-likeness (QED) is 0.298. The van der Waals surface area contributed by atoms with E-state index in [0.717, 1.165) is 25.9 Å². The van der Waals surface area contributed by atoms with Gasteiger partial charge in [0.1, 0.15) is 11.9 Å². The van der Waals surface area contributed by atoms with E-state index in [2.05, 4.69) is 10.6 Å². The molecule has 0 radical (unpaired) electrons. The van der Waals surface area contributed by atoms with E-state index in [1.54, 1.807) is 18.2 Å². The number of carbonyl (C=O) groups is 4. The number of piperidine rings is 1. The standard InChI is InChI=1S/C19H26N2O6.C2HF3O2/c1-3-16(22)19(18(24)25,27-15-7-5-4-6-8-15)21-17(23)13(2)26-14-9-11-20-12-10-14;3-2(4,5)1(6)7/h4-8,13-14,20H,3,9-12H2,1-2H3,(H,21,23)(H,24,25);(H,6,7). The van der Waals surface area contributed by atoms with Crippen molar-refractivity contribution in [2.75, 3.05) is 13.1 Å². The van der Waals surface area contributed by atoms with Crippen molar-refractivity contribution < 1.29 is 52.0 Å². The summed E-state index contributed by atoms with van der Waals surface area (Å²) in [5.41, 5.74) is -2.50. The van der Waals surface area contributed by atoms with Crippen molar-refractivity contribution in [2.24, 2.45) is 0 Å². The number of benzene rings is 1. The number of ketones is 1. The van der Waals surface area contributed by atoms with E-state index in [1.165, 1.54) is 26.0 Å². The molecular formula is C21H27F3N2O8. The Morgan fingerprint density at radius 2 is 1.62 bits per heavy atom. The number of carboxylic acid groups (broad SMARTS) is 2. The van der Waals surface area contributed by atoms with Crippen LogP contribution in [0.3, 0.4) is 0 Å². The first-order valence-corrected chi connectivity index (χ1v) is 10.3. The predicted molar refractivity (Wildman–Crippen MR) is 111 cm³/mol. The van der Waals surface area contributed by atoms with Gasteiger partial charge in [-0.3, -0.25) is 9.59 Å². The fourth-order valence-corrected chi connectivity index (χ4v) is 2.84. The maximum Gasteiger partial charge on any atom is 0.490 e. The second-order valence-electron chi connectivity index (χ2n) is 7.20. The monoisotopic (exact) mass is 492 g/mol. The molecule has 1 saturated heterocycles. The number of hydrogen-bond donors (Lipinski definition) is 4. The number of aliphatic carboxylic acids is 2. The van der Waals surface area contributed by atoms with Crippen molar-refractivity contribution in [2.45, 2.75) is 57.2 Å². The summed E-state index contributed by atoms with van der Waals surface area (Å²) in [6.45, 7) is 4.63. The summed E-state index contributed by atoms with van der Waals surface area (Å²) in [7, 11) is 0. The lowest BCUT2D eigenvalue weighted by Gasteiger charge is -2.31. The van der Waals surface area contributed by atoms with Gasteiger partial charge in [-0.05, 0) is 45.0 Å². The van der Waals surface area contributed by atoms with Crippen LogP contribution in [-0.2, 0) is 23.9 Å². The minimum absolute atomic E-state index is 0.0943. The van der Waals surface area contributed by atoms with E-state index < -0.39 is 41.6 Å². The molecule has 1 heterocycles. The van der Waals surface area contributed by atoms with Gasteiger partial charge in [0.25, 0.3) is 5.91 Å². The summed E-state index contributed by atoms with van der Waals surface area (Å²) >= 11 is 0. The summed E-state index contributed by atoms with van der Waals surface area (Å²) in [4.78, 5) is 45.9. The molecule has 1 amide bonds. The van der Waals surface area contributed by atoms with E-state index in [0.29, 0.717) is 0 Å². The summed E-state index contributed by atoms with van der Waals surface area (Å²) in [5.74, 6) is -5.66. The van der Waals surface area contributed by atoms with Gasteiger partial charge >= 0.3 is 23.8 Å². The average Bonchev–Trinajstić information content (AvgIpc) is 2.78. The first-order chi connectivity index (χ1) is 15.8. The molecule has 34 heavy (non-hydrogen) atoms. The molecule has 0 saturated carbocycles. The van der Waals surface area contributed by atoms with Crippen molar-refractivity contribution in [3.8, 4) is 5.75 Å². The molecule has 1 fully saturated rings. The fourth-order valence-electron chi connectivity index (χ4n) is 2.84. The largest absolute Gasteiger partial charge is 0.490 e. The Hall–Kier alpha value is -3.19. The van der Waals surface area contributed by atoms with Gasteiger partial charge in [-0.1, -0.05) is 25.1 Å². The highest BCUT2D eigenvalue weighted by Gasteiger charge is 2.50. The summed E-state index contributed by atoms with van der Waals surface area (Å²) in [5, 5.41) is 22.3. The predicted octanol–water partition coefficient (Wildman–Crippen LogP) is 1.73. The Balaban J connectivity index is 0.000000718. The molecule has 1 aromatic carbocycles. The molecule has 0 bridgehead atoms. The van der Waals surface area contributed by atoms with Crippen molar-refractivity contribution in [1.29, 1.82) is 0 Å². The van der Waals surface area contributed by atoms with Crippen LogP contribution in [0.2, 0.25) is 0 Å². The lowest BCUT2D eigenvalue weighted by Crippen LogP contribution is -2.65. The average molecular weight is 492 g/mol. The van der Waals surface area contributed by atoms with Crippen LogP contribution in [0.25, 0.3) is 0 Å². The number of para-hydroxylation sites is 1. The number of rotatable bonds is 9. The topological polar surface area (TPSA) is 151 Å². The minimum Gasteiger partial charge on any atom is -0.476 e. The van der Waals surface area contributed by atoms with E-state index in [-0.39, 0.29) is 18.3 Å². The number of alkyl halides is 3. The molecule has 190 valence electrons. The van der Waals surface area contributed by atoms with E-state index >= 15 is 0 Å². The van der Waals surface area contributed by atoms with E-state index in [1.807, 2.05) is 0 Å². The zero-order chi connectivity index (χ0) is 25.9. The van der Waals surface area contributed by atoms with Gasteiger partial charge in [0.15, 0.2) is 0 Å². The normalized spacial score (nSPS) is 16.7. The lowest BCUT2D eigenvalue weighted by molar-refractivity contribution is -0.192. The third-order valence-electron chi connectivity index (χ3n) is 4.62. The zero-order valence-corrected chi connectivity index (χ0v) is 18.6. The Labute approximate surface area is 193 Å². The molecule has 2 atom stereocenters. The van der Waals surface area contributed by atoms with Crippen molar-refractivity contribution in [1.82, 2.24) is 10.6 Å². The third kappa shape index (κ3) is 8.63. The lowest BCUT2D eigenvalue weighted by atomic mass is 10.1. The van der Waals surface area contributed by atoms with Gasteiger partial charge < -0.3 is 30.3 Å². The summed E-state index contributed by atoms with van der Waals surface area (Å²) < 4.78 is 42.9. The number of amides is 1. The molecule has 0 aliphatic carbocycles. The molecule has 13 heteroatoms. The number of halogens is 3. The second kappa shape index (κ2) is 12.9. The number of carbonyl (C=O) groups excluding carboxylic acids is 2. The van der Waals surface area contributed by atoms with Crippen LogP contribution in [0.5, 0.6) is 5.75 Å².